The molecule has 134 valence electrons. The smallest absolute Gasteiger partial charge is 0.226 e. The van der Waals surface area contributed by atoms with Crippen molar-refractivity contribution in [3.63, 3.8) is 0 Å². The summed E-state index contributed by atoms with van der Waals surface area (Å²) in [6, 6.07) is 12.1. The summed E-state index contributed by atoms with van der Waals surface area (Å²) in [6.45, 7) is 0. The number of halogens is 2. The van der Waals surface area contributed by atoms with Crippen molar-refractivity contribution in [1.82, 2.24) is 9.30 Å². The van der Waals surface area contributed by atoms with Crippen LogP contribution in [0.4, 0.5) is 8.78 Å². The minimum absolute atomic E-state index is 0.0754. The van der Waals surface area contributed by atoms with Crippen molar-refractivity contribution >= 4 is 11.4 Å². The highest BCUT2D eigenvalue weighted by molar-refractivity contribution is 5.79. The van der Waals surface area contributed by atoms with E-state index in [1.807, 2.05) is 12.1 Å². The fourth-order valence-electron chi connectivity index (χ4n) is 3.81. The largest absolute Gasteiger partial charge is 0.342 e. The van der Waals surface area contributed by atoms with Gasteiger partial charge in [-0.3, -0.25) is 4.79 Å². The van der Waals surface area contributed by atoms with Gasteiger partial charge in [-0.15, -0.1) is 0 Å². The van der Waals surface area contributed by atoms with Gasteiger partial charge in [-0.05, 0) is 54.3 Å². The third-order valence-corrected chi connectivity index (χ3v) is 5.33. The number of aryl methyl sites for hydroxylation is 1. The number of amides is 1. The van der Waals surface area contributed by atoms with Crippen LogP contribution in [0.15, 0.2) is 48.7 Å². The fourth-order valence-corrected chi connectivity index (χ4v) is 3.81. The zero-order valence-corrected chi connectivity index (χ0v) is 14.6. The maximum Gasteiger partial charge on any atom is 0.226 e. The standard InChI is InChI=1S/C21H20F2N2O/c1-24(21(26)11-14-5-8-18(22)19(23)10-14)16-7-6-15-12-17-4-2-3-9-25(17)20(15)13-16/h2-5,8-10,12,16H,6-7,11,13H2,1H3/t16-/m1/s1. The number of carbonyl (C=O) groups is 1. The number of fused-ring (bicyclic) bond motifs is 3. The van der Waals surface area contributed by atoms with E-state index in [1.165, 1.54) is 22.8 Å². The molecule has 1 aliphatic carbocycles. The molecule has 0 spiro atoms. The molecule has 0 fully saturated rings. The normalized spacial score (nSPS) is 16.5. The van der Waals surface area contributed by atoms with Crippen LogP contribution >= 0.6 is 0 Å². The van der Waals surface area contributed by atoms with Gasteiger partial charge in [-0.1, -0.05) is 12.1 Å². The summed E-state index contributed by atoms with van der Waals surface area (Å²) in [5.41, 5.74) is 4.26. The molecule has 0 aliphatic heterocycles. The number of rotatable bonds is 3. The Morgan fingerprint density at radius 3 is 2.85 bits per heavy atom. The first-order chi connectivity index (χ1) is 12.5. The zero-order valence-electron chi connectivity index (χ0n) is 14.6. The van der Waals surface area contributed by atoms with Crippen molar-refractivity contribution in [2.24, 2.45) is 0 Å². The molecule has 0 radical (unpaired) electrons. The van der Waals surface area contributed by atoms with Gasteiger partial charge in [0.1, 0.15) is 0 Å². The van der Waals surface area contributed by atoms with Crippen LogP contribution in [0.1, 0.15) is 23.2 Å². The number of pyridine rings is 1. The van der Waals surface area contributed by atoms with E-state index in [-0.39, 0.29) is 18.4 Å². The van der Waals surface area contributed by atoms with E-state index in [0.29, 0.717) is 5.56 Å². The molecular formula is C21H20F2N2O. The predicted octanol–water partition coefficient (Wildman–Crippen LogP) is 3.78. The molecule has 3 nitrogen and oxygen atoms in total. The lowest BCUT2D eigenvalue weighted by Gasteiger charge is -2.31. The van der Waals surface area contributed by atoms with Gasteiger partial charge < -0.3 is 9.30 Å². The number of likely N-dealkylation sites (N-methyl/N-ethyl adjacent to an activating group) is 1. The van der Waals surface area contributed by atoms with Crippen molar-refractivity contribution in [3.05, 3.63) is 77.1 Å². The van der Waals surface area contributed by atoms with E-state index in [0.717, 1.165) is 31.4 Å². The molecule has 1 aromatic carbocycles. The molecule has 4 rings (SSSR count). The van der Waals surface area contributed by atoms with Gasteiger partial charge in [-0.2, -0.15) is 0 Å². The van der Waals surface area contributed by atoms with Gasteiger partial charge in [0.2, 0.25) is 5.91 Å². The van der Waals surface area contributed by atoms with Gasteiger partial charge in [0.15, 0.2) is 11.6 Å². The molecule has 0 saturated carbocycles. The monoisotopic (exact) mass is 354 g/mol. The lowest BCUT2D eigenvalue weighted by Crippen LogP contribution is -2.41. The van der Waals surface area contributed by atoms with E-state index in [2.05, 4.69) is 22.7 Å². The third-order valence-electron chi connectivity index (χ3n) is 5.33. The fraction of sp³-hybridized carbons (Fsp3) is 0.286. The molecule has 3 aromatic rings. The van der Waals surface area contributed by atoms with Crippen molar-refractivity contribution in [2.45, 2.75) is 31.7 Å². The zero-order chi connectivity index (χ0) is 18.3. The number of hydrogen-bond acceptors (Lipinski definition) is 1. The number of hydrogen-bond donors (Lipinski definition) is 0. The Hall–Kier alpha value is -2.69. The van der Waals surface area contributed by atoms with Crippen LogP contribution in [-0.2, 0) is 24.1 Å². The molecular weight excluding hydrogens is 334 g/mol. The topological polar surface area (TPSA) is 24.7 Å². The van der Waals surface area contributed by atoms with E-state index in [9.17, 15) is 13.6 Å². The molecule has 2 heterocycles. The highest BCUT2D eigenvalue weighted by atomic mass is 19.2. The first-order valence-electron chi connectivity index (χ1n) is 8.80. The minimum Gasteiger partial charge on any atom is -0.342 e. The van der Waals surface area contributed by atoms with Crippen LogP contribution in [0.3, 0.4) is 0 Å². The summed E-state index contributed by atoms with van der Waals surface area (Å²) in [6.07, 6.45) is 4.77. The number of carbonyl (C=O) groups excluding carboxylic acids is 1. The molecule has 26 heavy (non-hydrogen) atoms. The van der Waals surface area contributed by atoms with Crippen molar-refractivity contribution < 1.29 is 13.6 Å². The molecule has 0 N–H and O–H groups in total. The lowest BCUT2D eigenvalue weighted by molar-refractivity contribution is -0.131. The van der Waals surface area contributed by atoms with Gasteiger partial charge in [0.25, 0.3) is 0 Å². The molecule has 1 amide bonds. The Labute approximate surface area is 150 Å². The first-order valence-corrected chi connectivity index (χ1v) is 8.80. The summed E-state index contributed by atoms with van der Waals surface area (Å²) in [5, 5.41) is 0. The average molecular weight is 354 g/mol. The van der Waals surface area contributed by atoms with Crippen molar-refractivity contribution in [1.29, 1.82) is 0 Å². The molecule has 1 aliphatic rings. The number of aromatic nitrogens is 1. The van der Waals surface area contributed by atoms with Crippen LogP contribution in [-0.4, -0.2) is 28.3 Å². The molecule has 0 unspecified atom stereocenters. The summed E-state index contributed by atoms with van der Waals surface area (Å²) in [7, 11) is 1.80. The van der Waals surface area contributed by atoms with Crippen LogP contribution in [0.25, 0.3) is 5.52 Å². The first kappa shape index (κ1) is 16.8. The summed E-state index contributed by atoms with van der Waals surface area (Å²) >= 11 is 0. The van der Waals surface area contributed by atoms with Gasteiger partial charge in [0, 0.05) is 36.9 Å². The second kappa shape index (κ2) is 6.56. The Morgan fingerprint density at radius 1 is 1.19 bits per heavy atom. The molecule has 0 saturated heterocycles. The van der Waals surface area contributed by atoms with Crippen LogP contribution < -0.4 is 0 Å². The summed E-state index contributed by atoms with van der Waals surface area (Å²) in [4.78, 5) is 14.4. The maximum atomic E-state index is 13.4. The minimum atomic E-state index is -0.917. The third kappa shape index (κ3) is 2.98. The maximum absolute atomic E-state index is 13.4. The average Bonchev–Trinajstić information content (AvgIpc) is 3.02. The molecule has 5 heteroatoms. The Kier molecular flexibility index (Phi) is 4.23. The number of nitrogens with zero attached hydrogens (tertiary/aromatic N) is 2. The summed E-state index contributed by atoms with van der Waals surface area (Å²) in [5.74, 6) is -1.89. The number of benzene rings is 1. The predicted molar refractivity (Wildman–Crippen MR) is 96.0 cm³/mol. The summed E-state index contributed by atoms with van der Waals surface area (Å²) < 4.78 is 28.6. The lowest BCUT2D eigenvalue weighted by atomic mass is 9.92. The highest BCUT2D eigenvalue weighted by Crippen LogP contribution is 2.27. The second-order valence-electron chi connectivity index (χ2n) is 6.94. The Morgan fingerprint density at radius 2 is 2.04 bits per heavy atom. The molecule has 1 atom stereocenters. The van der Waals surface area contributed by atoms with E-state index in [4.69, 9.17) is 0 Å². The van der Waals surface area contributed by atoms with Crippen molar-refractivity contribution in [2.75, 3.05) is 7.05 Å². The quantitative estimate of drug-likeness (QED) is 0.703. The van der Waals surface area contributed by atoms with Crippen LogP contribution in [0.5, 0.6) is 0 Å². The molecule has 2 aromatic heterocycles. The Balaban J connectivity index is 1.50. The van der Waals surface area contributed by atoms with Crippen LogP contribution in [0.2, 0.25) is 0 Å². The Bertz CT molecular complexity index is 979. The SMILES string of the molecule is CN(C(=O)Cc1ccc(F)c(F)c1)[C@@H]1CCc2cc3ccccn3c2C1. The highest BCUT2D eigenvalue weighted by Gasteiger charge is 2.27. The van der Waals surface area contributed by atoms with Crippen molar-refractivity contribution in [3.8, 4) is 0 Å². The van der Waals surface area contributed by atoms with Gasteiger partial charge in [0.05, 0.1) is 6.42 Å². The van der Waals surface area contributed by atoms with Gasteiger partial charge in [-0.25, -0.2) is 8.78 Å². The van der Waals surface area contributed by atoms with E-state index < -0.39 is 11.6 Å². The molecule has 0 bridgehead atoms. The second-order valence-corrected chi connectivity index (χ2v) is 6.94. The van der Waals surface area contributed by atoms with E-state index >= 15 is 0 Å². The van der Waals surface area contributed by atoms with Gasteiger partial charge >= 0.3 is 0 Å². The van der Waals surface area contributed by atoms with Crippen LogP contribution in [0, 0.1) is 11.6 Å². The van der Waals surface area contributed by atoms with E-state index in [1.54, 1.807) is 11.9 Å².